The third-order valence-corrected chi connectivity index (χ3v) is 2.75. The van der Waals surface area contributed by atoms with Crippen molar-refractivity contribution in [1.82, 2.24) is 10.5 Å². The Morgan fingerprint density at radius 2 is 2.06 bits per heavy atom. The van der Waals surface area contributed by atoms with E-state index in [9.17, 15) is 9.59 Å². The lowest BCUT2D eigenvalue weighted by atomic mass is 10.0. The number of carboxylic acids is 1. The van der Waals surface area contributed by atoms with Gasteiger partial charge in [0.25, 0.3) is 0 Å². The molecule has 6 nitrogen and oxygen atoms in total. The van der Waals surface area contributed by atoms with Gasteiger partial charge in [-0.3, -0.25) is 9.59 Å². The van der Waals surface area contributed by atoms with Crippen LogP contribution in [-0.2, 0) is 9.59 Å². The number of carbonyl (C=O) groups excluding carboxylic acids is 1. The van der Waals surface area contributed by atoms with Gasteiger partial charge >= 0.3 is 5.97 Å². The number of hydrogen-bond acceptors (Lipinski definition) is 4. The van der Waals surface area contributed by atoms with Gasteiger partial charge < -0.3 is 14.9 Å². The quantitative estimate of drug-likeness (QED) is 0.806. The van der Waals surface area contributed by atoms with E-state index in [1.165, 1.54) is 0 Å². The minimum atomic E-state index is -0.976. The van der Waals surface area contributed by atoms with Crippen molar-refractivity contribution in [2.24, 2.45) is 0 Å². The number of carbonyl (C=O) groups is 2. The van der Waals surface area contributed by atoms with Crippen molar-refractivity contribution in [3.8, 4) is 0 Å². The normalized spacial score (nSPS) is 12.2. The minimum absolute atomic E-state index is 0.0186. The Bertz CT molecular complexity index is 420. The van der Waals surface area contributed by atoms with E-state index in [1.54, 1.807) is 6.92 Å². The molecule has 18 heavy (non-hydrogen) atoms. The van der Waals surface area contributed by atoms with Crippen LogP contribution in [-0.4, -0.2) is 22.1 Å². The van der Waals surface area contributed by atoms with E-state index in [-0.39, 0.29) is 24.8 Å². The van der Waals surface area contributed by atoms with Crippen molar-refractivity contribution in [3.05, 3.63) is 17.0 Å². The Hall–Kier alpha value is -1.85. The van der Waals surface area contributed by atoms with E-state index in [2.05, 4.69) is 10.5 Å². The van der Waals surface area contributed by atoms with Crippen LogP contribution in [0.25, 0.3) is 0 Å². The zero-order valence-corrected chi connectivity index (χ0v) is 10.8. The number of hydrogen-bond donors (Lipinski definition) is 2. The second-order valence-corrected chi connectivity index (χ2v) is 4.16. The summed E-state index contributed by atoms with van der Waals surface area (Å²) in [6.45, 7) is 5.55. The Labute approximate surface area is 105 Å². The molecule has 1 atom stereocenters. The maximum Gasteiger partial charge on any atom is 0.303 e. The summed E-state index contributed by atoms with van der Waals surface area (Å²) in [5, 5.41) is 15.2. The van der Waals surface area contributed by atoms with Crippen LogP contribution in [0.4, 0.5) is 0 Å². The third kappa shape index (κ3) is 3.58. The van der Waals surface area contributed by atoms with Crippen molar-refractivity contribution in [3.63, 3.8) is 0 Å². The average Bonchev–Trinajstić information content (AvgIpc) is 2.64. The molecule has 0 radical (unpaired) electrons. The first-order chi connectivity index (χ1) is 8.45. The average molecular weight is 254 g/mol. The lowest BCUT2D eigenvalue weighted by Gasteiger charge is -2.16. The van der Waals surface area contributed by atoms with E-state index in [1.807, 2.05) is 13.8 Å². The summed E-state index contributed by atoms with van der Waals surface area (Å²) in [5.74, 6) is -0.572. The fraction of sp³-hybridized carbons (Fsp3) is 0.583. The Morgan fingerprint density at radius 1 is 1.39 bits per heavy atom. The molecule has 0 aliphatic rings. The van der Waals surface area contributed by atoms with Crippen LogP contribution in [0.1, 0.15) is 49.2 Å². The van der Waals surface area contributed by atoms with E-state index in [0.29, 0.717) is 12.2 Å². The number of amides is 1. The molecule has 0 bridgehead atoms. The molecule has 0 spiro atoms. The first-order valence-electron chi connectivity index (χ1n) is 5.89. The van der Waals surface area contributed by atoms with Gasteiger partial charge in [-0.2, -0.15) is 0 Å². The summed E-state index contributed by atoms with van der Waals surface area (Å²) in [6, 6.07) is -0.183. The fourth-order valence-electron chi connectivity index (χ4n) is 1.85. The standard InChI is InChI=1S/C12H18N2O4/c1-4-9(12-7(2)14-18-8(12)3)13-10(15)5-6-11(16)17/h9H,4-6H2,1-3H3,(H,13,15)(H,16,17). The van der Waals surface area contributed by atoms with Crippen molar-refractivity contribution in [2.45, 2.75) is 46.1 Å². The molecule has 100 valence electrons. The van der Waals surface area contributed by atoms with E-state index >= 15 is 0 Å². The van der Waals surface area contributed by atoms with Crippen LogP contribution in [0.15, 0.2) is 4.52 Å². The molecule has 6 heteroatoms. The second kappa shape index (κ2) is 6.18. The highest BCUT2D eigenvalue weighted by Crippen LogP contribution is 2.23. The molecule has 0 fully saturated rings. The van der Waals surface area contributed by atoms with Gasteiger partial charge in [0.05, 0.1) is 18.2 Å². The maximum absolute atomic E-state index is 11.6. The number of nitrogens with one attached hydrogen (secondary N) is 1. The van der Waals surface area contributed by atoms with Crippen molar-refractivity contribution < 1.29 is 19.2 Å². The topological polar surface area (TPSA) is 92.4 Å². The first-order valence-corrected chi connectivity index (χ1v) is 5.89. The van der Waals surface area contributed by atoms with Gasteiger partial charge in [-0.05, 0) is 20.3 Å². The Kier molecular flexibility index (Phi) is 4.88. The van der Waals surface area contributed by atoms with Gasteiger partial charge in [0, 0.05) is 12.0 Å². The molecule has 0 aromatic carbocycles. The monoisotopic (exact) mass is 254 g/mol. The van der Waals surface area contributed by atoms with Gasteiger partial charge in [0.1, 0.15) is 5.76 Å². The molecular formula is C12H18N2O4. The predicted octanol–water partition coefficient (Wildman–Crippen LogP) is 1.72. The van der Waals surface area contributed by atoms with E-state index in [4.69, 9.17) is 9.63 Å². The molecule has 1 heterocycles. The number of aryl methyl sites for hydroxylation is 2. The van der Waals surface area contributed by atoms with Gasteiger partial charge in [0.15, 0.2) is 0 Å². The van der Waals surface area contributed by atoms with Crippen LogP contribution < -0.4 is 5.32 Å². The zero-order valence-electron chi connectivity index (χ0n) is 10.8. The van der Waals surface area contributed by atoms with Crippen LogP contribution in [0, 0.1) is 13.8 Å². The van der Waals surface area contributed by atoms with Gasteiger partial charge in [0.2, 0.25) is 5.91 Å². The third-order valence-electron chi connectivity index (χ3n) is 2.75. The van der Waals surface area contributed by atoms with Gasteiger partial charge in [-0.15, -0.1) is 0 Å². The van der Waals surface area contributed by atoms with E-state index < -0.39 is 5.97 Å². The molecule has 0 saturated heterocycles. The first kappa shape index (κ1) is 14.2. The van der Waals surface area contributed by atoms with Crippen LogP contribution in [0.2, 0.25) is 0 Å². The fourth-order valence-corrected chi connectivity index (χ4v) is 1.85. The summed E-state index contributed by atoms with van der Waals surface area (Å²) < 4.78 is 5.06. The number of nitrogens with zero attached hydrogens (tertiary/aromatic N) is 1. The second-order valence-electron chi connectivity index (χ2n) is 4.16. The number of rotatable bonds is 6. The van der Waals surface area contributed by atoms with Crippen LogP contribution >= 0.6 is 0 Å². The highest BCUT2D eigenvalue weighted by Gasteiger charge is 2.20. The summed E-state index contributed by atoms with van der Waals surface area (Å²) >= 11 is 0. The number of aromatic nitrogens is 1. The number of aliphatic carboxylic acids is 1. The molecular weight excluding hydrogens is 236 g/mol. The molecule has 0 aliphatic heterocycles. The zero-order chi connectivity index (χ0) is 13.7. The maximum atomic E-state index is 11.6. The van der Waals surface area contributed by atoms with Crippen LogP contribution in [0.5, 0.6) is 0 Å². The lowest BCUT2D eigenvalue weighted by molar-refractivity contribution is -0.138. The number of carboxylic acid groups (broad SMARTS) is 1. The highest BCUT2D eigenvalue weighted by atomic mass is 16.5. The van der Waals surface area contributed by atoms with Crippen LogP contribution in [0.3, 0.4) is 0 Å². The molecule has 1 amide bonds. The van der Waals surface area contributed by atoms with Gasteiger partial charge in [-0.25, -0.2) is 0 Å². The molecule has 1 aromatic heterocycles. The summed E-state index contributed by atoms with van der Waals surface area (Å²) in [7, 11) is 0. The molecule has 0 saturated carbocycles. The Morgan fingerprint density at radius 3 is 2.50 bits per heavy atom. The highest BCUT2D eigenvalue weighted by molar-refractivity contribution is 5.80. The SMILES string of the molecule is CCC(NC(=O)CCC(=O)O)c1c(C)noc1C. The largest absolute Gasteiger partial charge is 0.481 e. The molecule has 0 aliphatic carbocycles. The smallest absolute Gasteiger partial charge is 0.303 e. The molecule has 1 unspecified atom stereocenters. The molecule has 1 rings (SSSR count). The van der Waals surface area contributed by atoms with Crippen molar-refractivity contribution >= 4 is 11.9 Å². The van der Waals surface area contributed by atoms with Crippen molar-refractivity contribution in [1.29, 1.82) is 0 Å². The predicted molar refractivity (Wildman–Crippen MR) is 64.0 cm³/mol. The summed E-state index contributed by atoms with van der Waals surface area (Å²) in [4.78, 5) is 22.0. The van der Waals surface area contributed by atoms with Gasteiger partial charge in [-0.1, -0.05) is 12.1 Å². The minimum Gasteiger partial charge on any atom is -0.481 e. The summed E-state index contributed by atoms with van der Waals surface area (Å²) in [6.07, 6.45) is 0.515. The summed E-state index contributed by atoms with van der Waals surface area (Å²) in [5.41, 5.74) is 1.62. The van der Waals surface area contributed by atoms with Crippen molar-refractivity contribution in [2.75, 3.05) is 0 Å². The lowest BCUT2D eigenvalue weighted by Crippen LogP contribution is -2.29. The Balaban J connectivity index is 2.68. The molecule has 1 aromatic rings. The molecule has 2 N–H and O–H groups in total. The van der Waals surface area contributed by atoms with E-state index in [0.717, 1.165) is 11.3 Å².